The van der Waals surface area contributed by atoms with Crippen LogP contribution in [0.3, 0.4) is 0 Å². The maximum atomic E-state index is 12.7. The van der Waals surface area contributed by atoms with E-state index in [1.807, 2.05) is 0 Å². The second-order valence-corrected chi connectivity index (χ2v) is 7.74. The molecule has 166 valence electrons. The van der Waals surface area contributed by atoms with E-state index in [2.05, 4.69) is 19.2 Å². The summed E-state index contributed by atoms with van der Waals surface area (Å²) in [5, 5.41) is 10.2. The summed E-state index contributed by atoms with van der Waals surface area (Å²) in [5.41, 5.74) is -0.116. The van der Waals surface area contributed by atoms with Gasteiger partial charge >= 0.3 is 12.1 Å². The number of imidazole rings is 1. The van der Waals surface area contributed by atoms with E-state index in [9.17, 15) is 31.5 Å². The van der Waals surface area contributed by atoms with Crippen molar-refractivity contribution in [3.8, 4) is 17.3 Å². The molecule has 0 radical (unpaired) electrons. The van der Waals surface area contributed by atoms with Crippen LogP contribution in [0, 0.1) is 0 Å². The van der Waals surface area contributed by atoms with Gasteiger partial charge in [-0.05, 0) is 35.9 Å². The van der Waals surface area contributed by atoms with Crippen LogP contribution in [0.1, 0.15) is 5.56 Å². The SMILES string of the molecule is CNS(=O)(=O)Nc1cnccc1Cn1cc(O)n(-c2ccc(OC(F)(F)F)cc2)c1=O. The molecule has 14 heteroatoms. The average Bonchev–Trinajstić information content (AvgIpc) is 2.96. The van der Waals surface area contributed by atoms with E-state index in [4.69, 9.17) is 0 Å². The lowest BCUT2D eigenvalue weighted by atomic mass is 10.2. The highest BCUT2D eigenvalue weighted by molar-refractivity contribution is 7.90. The number of halogens is 3. The summed E-state index contributed by atoms with van der Waals surface area (Å²) in [7, 11) is -2.62. The van der Waals surface area contributed by atoms with Crippen molar-refractivity contribution in [2.24, 2.45) is 0 Å². The maximum absolute atomic E-state index is 12.7. The van der Waals surface area contributed by atoms with Gasteiger partial charge in [0.1, 0.15) is 5.75 Å². The predicted molar refractivity (Wildman–Crippen MR) is 103 cm³/mol. The Morgan fingerprint density at radius 3 is 2.48 bits per heavy atom. The van der Waals surface area contributed by atoms with Crippen LogP contribution >= 0.6 is 0 Å². The van der Waals surface area contributed by atoms with E-state index >= 15 is 0 Å². The van der Waals surface area contributed by atoms with E-state index in [-0.39, 0.29) is 17.9 Å². The number of pyridine rings is 1. The third-order valence-corrected chi connectivity index (χ3v) is 5.06. The Bertz CT molecular complexity index is 1240. The summed E-state index contributed by atoms with van der Waals surface area (Å²) in [6.45, 7) is -0.126. The zero-order valence-corrected chi connectivity index (χ0v) is 16.6. The van der Waals surface area contributed by atoms with E-state index in [1.54, 1.807) is 0 Å². The van der Waals surface area contributed by atoms with Crippen LogP contribution in [0.15, 0.2) is 53.7 Å². The van der Waals surface area contributed by atoms with Crippen molar-refractivity contribution < 1.29 is 31.4 Å². The van der Waals surface area contributed by atoms with Gasteiger partial charge in [-0.2, -0.15) is 8.42 Å². The average molecular weight is 459 g/mol. The fourth-order valence-electron chi connectivity index (χ4n) is 2.66. The molecule has 2 aromatic heterocycles. The van der Waals surface area contributed by atoms with Crippen LogP contribution in [-0.4, -0.2) is 41.1 Å². The Labute approximate surface area is 173 Å². The zero-order valence-electron chi connectivity index (χ0n) is 15.8. The number of nitrogens with one attached hydrogen (secondary N) is 2. The number of nitrogens with zero attached hydrogens (tertiary/aromatic N) is 3. The number of rotatable bonds is 7. The zero-order chi connectivity index (χ0) is 22.8. The topological polar surface area (TPSA) is 127 Å². The first-order chi connectivity index (χ1) is 14.5. The third-order valence-electron chi connectivity index (χ3n) is 4.03. The lowest BCUT2D eigenvalue weighted by molar-refractivity contribution is -0.274. The molecule has 0 saturated heterocycles. The van der Waals surface area contributed by atoms with Gasteiger partial charge < -0.3 is 9.84 Å². The smallest absolute Gasteiger partial charge is 0.493 e. The van der Waals surface area contributed by atoms with Crippen LogP contribution < -0.4 is 19.9 Å². The Morgan fingerprint density at radius 2 is 1.87 bits per heavy atom. The first kappa shape index (κ1) is 22.2. The van der Waals surface area contributed by atoms with Crippen molar-refractivity contribution in [3.05, 3.63) is 65.0 Å². The number of aromatic hydroxyl groups is 1. The molecule has 10 nitrogen and oxygen atoms in total. The predicted octanol–water partition coefficient (Wildman–Crippen LogP) is 1.56. The lowest BCUT2D eigenvalue weighted by Gasteiger charge is -2.11. The van der Waals surface area contributed by atoms with Gasteiger partial charge in [-0.25, -0.2) is 14.1 Å². The van der Waals surface area contributed by atoms with Crippen molar-refractivity contribution in [1.82, 2.24) is 18.8 Å². The van der Waals surface area contributed by atoms with Crippen molar-refractivity contribution in [2.45, 2.75) is 12.9 Å². The fraction of sp³-hybridized carbons (Fsp3) is 0.176. The fourth-order valence-corrected chi connectivity index (χ4v) is 3.24. The first-order valence-corrected chi connectivity index (χ1v) is 9.99. The van der Waals surface area contributed by atoms with E-state index in [1.165, 1.54) is 37.6 Å². The number of alkyl halides is 3. The molecule has 0 bridgehead atoms. The second-order valence-electron chi connectivity index (χ2n) is 6.12. The van der Waals surface area contributed by atoms with Crippen LogP contribution in [0.4, 0.5) is 18.9 Å². The molecule has 31 heavy (non-hydrogen) atoms. The summed E-state index contributed by atoms with van der Waals surface area (Å²) < 4.78 is 70.5. The minimum atomic E-state index is -4.86. The van der Waals surface area contributed by atoms with E-state index in [0.717, 1.165) is 27.5 Å². The molecule has 0 fully saturated rings. The molecule has 0 saturated carbocycles. The molecule has 3 aromatic rings. The van der Waals surface area contributed by atoms with Crippen LogP contribution in [-0.2, 0) is 16.8 Å². The quantitative estimate of drug-likeness (QED) is 0.492. The van der Waals surface area contributed by atoms with Gasteiger partial charge in [0.2, 0.25) is 5.88 Å². The number of hydrogen-bond donors (Lipinski definition) is 3. The monoisotopic (exact) mass is 459 g/mol. The standard InChI is InChI=1S/C17H16F3N5O5S/c1-21-31(28,29)23-14-8-22-7-6-11(14)9-24-10-15(26)25(16(24)27)12-2-4-13(5-3-12)30-17(18,19)20/h2-8,10,21,23,26H,9H2,1H3. The molecule has 0 aliphatic rings. The highest BCUT2D eigenvalue weighted by Gasteiger charge is 2.31. The Balaban J connectivity index is 1.91. The summed E-state index contributed by atoms with van der Waals surface area (Å²) in [4.78, 5) is 16.6. The van der Waals surface area contributed by atoms with Gasteiger partial charge in [-0.1, -0.05) is 0 Å². The molecule has 0 unspecified atom stereocenters. The van der Waals surface area contributed by atoms with Gasteiger partial charge in [-0.15, -0.1) is 13.2 Å². The van der Waals surface area contributed by atoms with Gasteiger partial charge in [0.15, 0.2) is 0 Å². The first-order valence-electron chi connectivity index (χ1n) is 8.50. The highest BCUT2D eigenvalue weighted by atomic mass is 32.2. The number of anilines is 1. The molecule has 3 rings (SSSR count). The summed E-state index contributed by atoms with van der Waals surface area (Å²) >= 11 is 0. The molecular weight excluding hydrogens is 443 g/mol. The third kappa shape index (κ3) is 5.35. The molecule has 1 aromatic carbocycles. The number of benzene rings is 1. The van der Waals surface area contributed by atoms with Crippen LogP contribution in [0.5, 0.6) is 11.6 Å². The minimum absolute atomic E-state index is 0.0987. The van der Waals surface area contributed by atoms with Gasteiger partial charge in [0.25, 0.3) is 10.2 Å². The van der Waals surface area contributed by atoms with Crippen LogP contribution in [0.2, 0.25) is 0 Å². The molecule has 0 atom stereocenters. The molecule has 0 aliphatic heterocycles. The molecule has 3 N–H and O–H groups in total. The van der Waals surface area contributed by atoms with Crippen molar-refractivity contribution in [1.29, 1.82) is 0 Å². The molecule has 2 heterocycles. The van der Waals surface area contributed by atoms with Crippen LogP contribution in [0.25, 0.3) is 5.69 Å². The van der Waals surface area contributed by atoms with Gasteiger partial charge in [-0.3, -0.25) is 14.3 Å². The molecular formula is C17H16F3N5O5S. The Hall–Kier alpha value is -3.52. The highest BCUT2D eigenvalue weighted by Crippen LogP contribution is 2.25. The second kappa shape index (κ2) is 8.31. The molecule has 0 amide bonds. The number of ether oxygens (including phenoxy) is 1. The number of aromatic nitrogens is 3. The summed E-state index contributed by atoms with van der Waals surface area (Å²) in [5.74, 6) is -0.956. The summed E-state index contributed by atoms with van der Waals surface area (Å²) in [6.07, 6.45) is -1.10. The van der Waals surface area contributed by atoms with E-state index in [0.29, 0.717) is 5.56 Å². The Morgan fingerprint density at radius 1 is 1.19 bits per heavy atom. The van der Waals surface area contributed by atoms with Crippen molar-refractivity contribution in [3.63, 3.8) is 0 Å². The summed E-state index contributed by atoms with van der Waals surface area (Å²) in [6, 6.07) is 5.83. The lowest BCUT2D eigenvalue weighted by Crippen LogP contribution is -2.28. The molecule has 0 aliphatic carbocycles. The van der Waals surface area contributed by atoms with Gasteiger partial charge in [0, 0.05) is 13.2 Å². The van der Waals surface area contributed by atoms with Gasteiger partial charge in [0.05, 0.1) is 30.3 Å². The normalized spacial score (nSPS) is 12.0. The largest absolute Gasteiger partial charge is 0.573 e. The van der Waals surface area contributed by atoms with E-state index < -0.39 is 33.9 Å². The maximum Gasteiger partial charge on any atom is 0.573 e. The minimum Gasteiger partial charge on any atom is -0.493 e. The Kier molecular flexibility index (Phi) is 5.94. The number of hydrogen-bond acceptors (Lipinski definition) is 6. The van der Waals surface area contributed by atoms with Crippen molar-refractivity contribution >= 4 is 15.9 Å². The van der Waals surface area contributed by atoms with Crippen molar-refractivity contribution in [2.75, 3.05) is 11.8 Å². The molecule has 0 spiro atoms.